The van der Waals surface area contributed by atoms with Crippen molar-refractivity contribution in [1.29, 1.82) is 0 Å². The van der Waals surface area contributed by atoms with Gasteiger partial charge in [-0.05, 0) is 105 Å². The maximum atomic E-state index is 15.0. The van der Waals surface area contributed by atoms with Crippen LogP contribution in [0.5, 0.6) is 0 Å². The minimum absolute atomic E-state index is 0.0832. The van der Waals surface area contributed by atoms with E-state index < -0.39 is 53.8 Å². The van der Waals surface area contributed by atoms with Crippen molar-refractivity contribution < 1.29 is 43.9 Å². The molecular weight excluding hydrogens is 600 g/mol. The van der Waals surface area contributed by atoms with Gasteiger partial charge in [0.1, 0.15) is 12.2 Å². The normalized spacial score (nSPS) is 53.9. The molecule has 7 rings (SSSR count). The lowest BCUT2D eigenvalue weighted by Gasteiger charge is -2.62. The van der Waals surface area contributed by atoms with E-state index in [1.807, 2.05) is 6.92 Å². The summed E-state index contributed by atoms with van der Waals surface area (Å²) in [7, 11) is 0. The van der Waals surface area contributed by atoms with E-state index in [-0.39, 0.29) is 57.2 Å². The summed E-state index contributed by atoms with van der Waals surface area (Å²) in [4.78, 5) is 27.0. The van der Waals surface area contributed by atoms with E-state index in [1.54, 1.807) is 13.8 Å². The van der Waals surface area contributed by atoms with Crippen molar-refractivity contribution in [2.75, 3.05) is 6.61 Å². The van der Waals surface area contributed by atoms with Crippen molar-refractivity contribution in [3.63, 3.8) is 0 Å². The molecule has 7 aliphatic rings. The number of hydrogen-bond acceptors (Lipinski definition) is 9. The summed E-state index contributed by atoms with van der Waals surface area (Å²) < 4.78 is 24.8. The third-order valence-electron chi connectivity index (χ3n) is 15.9. The monoisotopic (exact) mass is 660 g/mol. The molecule has 0 amide bonds. The Morgan fingerprint density at radius 2 is 1.62 bits per heavy atom. The minimum atomic E-state index is -1.30. The zero-order valence-electron chi connectivity index (χ0n) is 30.1. The van der Waals surface area contributed by atoms with Crippen LogP contribution >= 0.6 is 0 Å². The molecule has 0 radical (unpaired) electrons. The molecule has 0 aromatic carbocycles. The summed E-state index contributed by atoms with van der Waals surface area (Å²) in [6.45, 7) is 18.4. The van der Waals surface area contributed by atoms with Crippen molar-refractivity contribution in [3.05, 3.63) is 0 Å². The average Bonchev–Trinajstić information content (AvgIpc) is 3.61. The molecule has 2 heterocycles. The van der Waals surface area contributed by atoms with Gasteiger partial charge in [0.15, 0.2) is 18.2 Å². The fraction of sp³-hybridized carbons (Fsp3) is 0.947. The predicted molar refractivity (Wildman–Crippen MR) is 173 cm³/mol. The number of aliphatic hydroxyl groups is 3. The molecule has 16 atom stereocenters. The number of ketones is 1. The number of Topliss-reactive ketones (excluding diaryl/α,β-unsaturated/α-hetero) is 1. The fourth-order valence-corrected chi connectivity index (χ4v) is 13.5. The third kappa shape index (κ3) is 4.47. The van der Waals surface area contributed by atoms with E-state index in [0.717, 1.165) is 44.9 Å². The van der Waals surface area contributed by atoms with Crippen molar-refractivity contribution in [2.45, 2.75) is 162 Å². The van der Waals surface area contributed by atoms with Gasteiger partial charge in [-0.15, -0.1) is 0 Å². The maximum Gasteiger partial charge on any atom is 0.303 e. The molecule has 0 aromatic rings. The lowest BCUT2D eigenvalue weighted by molar-refractivity contribution is -0.294. The van der Waals surface area contributed by atoms with Crippen LogP contribution in [0.15, 0.2) is 0 Å². The molecule has 0 bridgehead atoms. The van der Waals surface area contributed by atoms with E-state index in [0.29, 0.717) is 18.9 Å². The average molecular weight is 661 g/mol. The highest BCUT2D eigenvalue weighted by Gasteiger charge is 2.85. The molecule has 2 saturated heterocycles. The maximum absolute atomic E-state index is 15.0. The smallest absolute Gasteiger partial charge is 0.303 e. The lowest BCUT2D eigenvalue weighted by atomic mass is 9.41. The van der Waals surface area contributed by atoms with E-state index in [9.17, 15) is 24.9 Å². The zero-order valence-corrected chi connectivity index (χ0v) is 30.1. The molecule has 7 fully saturated rings. The van der Waals surface area contributed by atoms with Gasteiger partial charge in [-0.2, -0.15) is 0 Å². The molecule has 3 N–H and O–H groups in total. The van der Waals surface area contributed by atoms with Crippen molar-refractivity contribution in [2.24, 2.45) is 56.7 Å². The Hall–Kier alpha value is -1.10. The second-order valence-corrected chi connectivity index (χ2v) is 18.8. The minimum Gasteiger partial charge on any atom is -0.457 e. The van der Waals surface area contributed by atoms with Crippen molar-refractivity contribution in [1.82, 2.24) is 0 Å². The Morgan fingerprint density at radius 3 is 2.28 bits per heavy atom. The van der Waals surface area contributed by atoms with Crippen LogP contribution in [0, 0.1) is 56.7 Å². The summed E-state index contributed by atoms with van der Waals surface area (Å²) in [6, 6.07) is 0. The first-order chi connectivity index (χ1) is 21.8. The number of esters is 1. The number of fused-ring (bicyclic) bond motifs is 4. The van der Waals surface area contributed by atoms with Crippen LogP contribution in [-0.2, 0) is 28.5 Å². The van der Waals surface area contributed by atoms with Gasteiger partial charge in [0.2, 0.25) is 0 Å². The van der Waals surface area contributed by atoms with Crippen molar-refractivity contribution in [3.8, 4) is 0 Å². The fourth-order valence-electron chi connectivity index (χ4n) is 13.5. The highest BCUT2D eigenvalue weighted by molar-refractivity contribution is 5.93. The number of rotatable bonds is 5. The van der Waals surface area contributed by atoms with Gasteiger partial charge >= 0.3 is 5.97 Å². The molecule has 2 spiro atoms. The van der Waals surface area contributed by atoms with Crippen LogP contribution < -0.4 is 0 Å². The lowest BCUT2D eigenvalue weighted by Crippen LogP contribution is -2.60. The molecular formula is C38H60O9. The van der Waals surface area contributed by atoms with E-state index in [1.165, 1.54) is 6.92 Å². The Bertz CT molecular complexity index is 1290. The first kappa shape index (κ1) is 34.4. The van der Waals surface area contributed by atoms with Gasteiger partial charge in [-0.3, -0.25) is 9.59 Å². The van der Waals surface area contributed by atoms with Gasteiger partial charge in [0, 0.05) is 24.2 Å². The number of carbonyl (C=O) groups is 2. The molecule has 9 heteroatoms. The second-order valence-electron chi connectivity index (χ2n) is 18.8. The first-order valence-electron chi connectivity index (χ1n) is 18.5. The summed E-state index contributed by atoms with van der Waals surface area (Å²) in [6.07, 6.45) is 3.09. The zero-order chi connectivity index (χ0) is 34.3. The standard InChI is InChI=1S/C38H60O9/c1-19-16-22(31(34(6,7)43)45-21(3)39)46-29-26(19)35(8)14-15-38-18-37(38)13-12-25(47-32-28(41)27(40)20(2)17-44-32)33(4,5)23(37)10-11-24(38)36(35,9)30(29)42/h19-20,22-29,31-32,40-41,43H,10-18H2,1-9H3/t19-,20?,22?,23+,24?,25+,26+,27+,28-,29?,31+,32+,35-,36-,37-,38+/m1/s1. The van der Waals surface area contributed by atoms with Gasteiger partial charge in [-0.25, -0.2) is 0 Å². The number of aliphatic hydroxyl groups excluding tert-OH is 2. The Labute approximate surface area is 280 Å². The Kier molecular flexibility index (Phi) is 7.83. The summed E-state index contributed by atoms with van der Waals surface area (Å²) in [5.74, 6) is 0.611. The molecule has 2 aliphatic heterocycles. The van der Waals surface area contributed by atoms with Gasteiger partial charge in [0.25, 0.3) is 0 Å². The first-order valence-corrected chi connectivity index (χ1v) is 18.5. The number of ether oxygens (including phenoxy) is 4. The van der Waals surface area contributed by atoms with Crippen LogP contribution in [0.1, 0.15) is 114 Å². The third-order valence-corrected chi connectivity index (χ3v) is 15.9. The molecule has 5 saturated carbocycles. The van der Waals surface area contributed by atoms with E-state index in [4.69, 9.17) is 18.9 Å². The highest BCUT2D eigenvalue weighted by Crippen LogP contribution is 2.89. The topological polar surface area (TPSA) is 132 Å². The van der Waals surface area contributed by atoms with Gasteiger partial charge in [0.05, 0.1) is 30.5 Å². The number of hydrogen-bond donors (Lipinski definition) is 3. The molecule has 4 unspecified atom stereocenters. The Balaban J connectivity index is 1.15. The van der Waals surface area contributed by atoms with Crippen molar-refractivity contribution >= 4 is 11.8 Å². The summed E-state index contributed by atoms with van der Waals surface area (Å²) in [5.41, 5.74) is -1.87. The largest absolute Gasteiger partial charge is 0.457 e. The van der Waals surface area contributed by atoms with Crippen LogP contribution in [0.2, 0.25) is 0 Å². The predicted octanol–water partition coefficient (Wildman–Crippen LogP) is 4.81. The second kappa shape index (κ2) is 10.7. The molecule has 0 aromatic heterocycles. The van der Waals surface area contributed by atoms with E-state index in [2.05, 4.69) is 34.6 Å². The highest BCUT2D eigenvalue weighted by atomic mass is 16.7. The van der Waals surface area contributed by atoms with E-state index >= 15 is 0 Å². The van der Waals surface area contributed by atoms with Gasteiger partial charge < -0.3 is 34.3 Å². The van der Waals surface area contributed by atoms with Gasteiger partial charge in [-0.1, -0.05) is 41.5 Å². The van der Waals surface area contributed by atoms with Crippen LogP contribution in [0.4, 0.5) is 0 Å². The SMILES string of the molecule is CC(=O)O[C@@H](C1C[C@@H](C)[C@H]2C(O1)C(=O)[C@@]1(C)C3CC[C@H]4C(C)(C)[C@@H](O[C@@H]5OCC(C)[C@H](O)[C@H]5O)CC[C@@]45C[C@@]35CC[C@]21C)C(C)(C)O. The Morgan fingerprint density at radius 1 is 0.957 bits per heavy atom. The van der Waals surface area contributed by atoms with Crippen LogP contribution in [0.3, 0.4) is 0 Å². The molecule has 9 nitrogen and oxygen atoms in total. The van der Waals surface area contributed by atoms with Crippen LogP contribution in [-0.4, -0.2) is 82.2 Å². The number of carbonyl (C=O) groups excluding carboxylic acids is 2. The quantitative estimate of drug-likeness (QED) is 0.281. The summed E-state index contributed by atoms with van der Waals surface area (Å²) >= 11 is 0. The summed E-state index contributed by atoms with van der Waals surface area (Å²) in [5, 5.41) is 32.3. The molecule has 266 valence electrons. The molecule has 5 aliphatic carbocycles. The van der Waals surface area contributed by atoms with Crippen LogP contribution in [0.25, 0.3) is 0 Å². The molecule has 47 heavy (non-hydrogen) atoms.